The van der Waals surface area contributed by atoms with E-state index < -0.39 is 12.4 Å². The topological polar surface area (TPSA) is 85.6 Å². The molecule has 3 aromatic carbocycles. The molecule has 1 aliphatic rings. The number of aliphatic hydroxyl groups excluding tert-OH is 1. The number of carbonyl (C=O) groups excluding carboxylic acids is 1. The van der Waals surface area contributed by atoms with Gasteiger partial charge in [0.2, 0.25) is 5.91 Å². The maximum Gasteiger partial charge on any atom is 0.224 e. The Morgan fingerprint density at radius 2 is 1.40 bits per heavy atom. The molecule has 1 aromatic heterocycles. The van der Waals surface area contributed by atoms with Gasteiger partial charge < -0.3 is 24.5 Å². The minimum Gasteiger partial charge on any atom is -0.392 e. The fourth-order valence-corrected chi connectivity index (χ4v) is 7.43. The number of carbonyl (C=O) groups is 1. The van der Waals surface area contributed by atoms with Crippen LogP contribution in [0.4, 0.5) is 5.69 Å². The first-order chi connectivity index (χ1) is 25.5. The number of amides is 1. The average molecular weight is 749 g/mol. The van der Waals surface area contributed by atoms with Gasteiger partial charge in [-0.2, -0.15) is 0 Å². The maximum atomic E-state index is 13.0. The van der Waals surface area contributed by atoms with Gasteiger partial charge >= 0.3 is 0 Å². The molecule has 1 aliphatic heterocycles. The molecule has 4 unspecified atom stereocenters. The van der Waals surface area contributed by atoms with Crippen molar-refractivity contribution >= 4 is 34.8 Å². The monoisotopic (exact) mass is 747 g/mol. The minimum absolute atomic E-state index is 0.0150. The van der Waals surface area contributed by atoms with Crippen molar-refractivity contribution in [1.29, 1.82) is 0 Å². The number of halogens is 2. The molecule has 1 fully saturated rings. The predicted molar refractivity (Wildman–Crippen MR) is 211 cm³/mol. The van der Waals surface area contributed by atoms with Crippen molar-refractivity contribution in [2.75, 3.05) is 5.32 Å². The Morgan fingerprint density at radius 3 is 2.02 bits per heavy atom. The Labute approximate surface area is 320 Å². The molecule has 2 heterocycles. The zero-order chi connectivity index (χ0) is 36.5. The summed E-state index contributed by atoms with van der Waals surface area (Å²) >= 11 is 12.8. The molecule has 1 amide bonds. The summed E-state index contributed by atoms with van der Waals surface area (Å²) in [5, 5.41) is 13.4. The van der Waals surface area contributed by atoms with E-state index in [9.17, 15) is 9.90 Å². The van der Waals surface area contributed by atoms with Crippen molar-refractivity contribution < 1.29 is 19.4 Å². The molecule has 280 valence electrons. The second kappa shape index (κ2) is 21.5. The third-order valence-electron chi connectivity index (χ3n) is 10.0. The van der Waals surface area contributed by atoms with Crippen molar-refractivity contribution in [2.45, 2.75) is 134 Å². The highest BCUT2D eigenvalue weighted by Crippen LogP contribution is 2.47. The van der Waals surface area contributed by atoms with Crippen LogP contribution in [0.3, 0.4) is 0 Å². The van der Waals surface area contributed by atoms with Crippen LogP contribution >= 0.6 is 23.2 Å². The summed E-state index contributed by atoms with van der Waals surface area (Å²) < 4.78 is 15.4. The number of imidazole rings is 1. The average Bonchev–Trinajstić information content (AvgIpc) is 3.49. The lowest BCUT2D eigenvalue weighted by atomic mass is 9.83. The lowest BCUT2D eigenvalue weighted by Crippen LogP contribution is -2.39. The van der Waals surface area contributed by atoms with Crippen molar-refractivity contribution in [3.05, 3.63) is 118 Å². The molecule has 0 aliphatic carbocycles. The van der Waals surface area contributed by atoms with Gasteiger partial charge in [-0.15, -0.1) is 0 Å². The van der Waals surface area contributed by atoms with Gasteiger partial charge in [0.15, 0.2) is 11.4 Å². The molecule has 0 bridgehead atoms. The van der Waals surface area contributed by atoms with Crippen LogP contribution in [-0.2, 0) is 27.4 Å². The summed E-state index contributed by atoms with van der Waals surface area (Å²) in [6.07, 6.45) is 17.2. The number of unbranched alkanes of at least 4 members (excludes halogenated alkanes) is 12. The van der Waals surface area contributed by atoms with Gasteiger partial charge in [-0.3, -0.25) is 4.79 Å². The van der Waals surface area contributed by atoms with E-state index >= 15 is 0 Å². The molecule has 4 aromatic rings. The van der Waals surface area contributed by atoms with Crippen LogP contribution in [0.2, 0.25) is 10.3 Å². The van der Waals surface area contributed by atoms with Crippen LogP contribution in [0, 0.1) is 0 Å². The number of hydrogen-bond acceptors (Lipinski definition) is 5. The van der Waals surface area contributed by atoms with Crippen LogP contribution in [0.1, 0.15) is 137 Å². The first-order valence-corrected chi connectivity index (χ1v) is 20.0. The number of rotatable bonds is 21. The van der Waals surface area contributed by atoms with Gasteiger partial charge in [0, 0.05) is 23.6 Å². The Hall–Kier alpha value is -3.20. The second-order valence-electron chi connectivity index (χ2n) is 14.0. The van der Waals surface area contributed by atoms with Gasteiger partial charge in [-0.1, -0.05) is 174 Å². The number of ether oxygens (including phenoxy) is 2. The van der Waals surface area contributed by atoms with E-state index in [0.29, 0.717) is 23.8 Å². The van der Waals surface area contributed by atoms with Gasteiger partial charge in [0.1, 0.15) is 5.15 Å². The molecular formula is C43H55Cl2N3O4. The van der Waals surface area contributed by atoms with E-state index in [1.54, 1.807) is 10.9 Å². The Morgan fingerprint density at radius 1 is 0.769 bits per heavy atom. The van der Waals surface area contributed by atoms with E-state index in [1.807, 2.05) is 66.7 Å². The predicted octanol–water partition coefficient (Wildman–Crippen LogP) is 11.7. The van der Waals surface area contributed by atoms with E-state index in [0.717, 1.165) is 35.1 Å². The summed E-state index contributed by atoms with van der Waals surface area (Å²) in [6.45, 7) is 2.61. The highest BCUT2D eigenvalue weighted by atomic mass is 35.5. The second-order valence-corrected chi connectivity index (χ2v) is 14.8. The van der Waals surface area contributed by atoms with E-state index in [2.05, 4.69) is 29.4 Å². The molecule has 0 radical (unpaired) electrons. The summed E-state index contributed by atoms with van der Waals surface area (Å²) in [7, 11) is 0. The highest BCUT2D eigenvalue weighted by molar-refractivity contribution is 6.40. The summed E-state index contributed by atoms with van der Waals surface area (Å²) in [6, 6.07) is 25.7. The molecule has 1 saturated heterocycles. The maximum absolute atomic E-state index is 13.0. The molecule has 0 saturated carbocycles. The number of aromatic nitrogens is 2. The van der Waals surface area contributed by atoms with Gasteiger partial charge in [-0.05, 0) is 35.2 Å². The molecule has 7 nitrogen and oxygen atoms in total. The standard InChI is InChI=1S/C43H55Cl2N3O4/c1-2-3-4-5-6-7-8-9-10-11-12-13-17-23-38(50)47-36-22-18-21-35(28-36)43-51-37(29-48-31-46-41(44)42(48)45)39(33-19-15-14-16-20-33)40(52-43)34-26-24-32(30-49)25-27-34/h14-16,18-22,24-28,31,37,39-40,43,49H,2-13,17,23,29-30H2,1H3,(H,47,50). The van der Waals surface area contributed by atoms with E-state index in [4.69, 9.17) is 32.7 Å². The number of anilines is 1. The lowest BCUT2D eigenvalue weighted by Gasteiger charge is -2.43. The molecule has 0 spiro atoms. The lowest BCUT2D eigenvalue weighted by molar-refractivity contribution is -0.263. The van der Waals surface area contributed by atoms with Crippen LogP contribution in [0.25, 0.3) is 0 Å². The normalized spacial score (nSPS) is 18.8. The van der Waals surface area contributed by atoms with Crippen molar-refractivity contribution in [1.82, 2.24) is 9.55 Å². The van der Waals surface area contributed by atoms with Crippen LogP contribution < -0.4 is 5.32 Å². The van der Waals surface area contributed by atoms with Crippen LogP contribution in [-0.4, -0.2) is 26.7 Å². The summed E-state index contributed by atoms with van der Waals surface area (Å²) in [5.41, 5.74) is 4.34. The van der Waals surface area contributed by atoms with Crippen LogP contribution in [0.15, 0.2) is 85.2 Å². The Balaban J connectivity index is 1.21. The van der Waals surface area contributed by atoms with E-state index in [-0.39, 0.29) is 29.7 Å². The van der Waals surface area contributed by atoms with Gasteiger partial charge in [-0.25, -0.2) is 4.98 Å². The van der Waals surface area contributed by atoms with Gasteiger partial charge in [0.25, 0.3) is 0 Å². The minimum atomic E-state index is -0.733. The van der Waals surface area contributed by atoms with Crippen molar-refractivity contribution in [2.24, 2.45) is 0 Å². The largest absolute Gasteiger partial charge is 0.392 e. The first-order valence-electron chi connectivity index (χ1n) is 19.3. The number of hydrogen-bond donors (Lipinski definition) is 2. The zero-order valence-electron chi connectivity index (χ0n) is 30.5. The molecule has 2 N–H and O–H groups in total. The Kier molecular flexibility index (Phi) is 16.5. The highest BCUT2D eigenvalue weighted by Gasteiger charge is 2.42. The fourth-order valence-electron chi connectivity index (χ4n) is 7.12. The SMILES string of the molecule is CCCCCCCCCCCCCCCC(=O)Nc1cccc(C2OC(Cn3cnc(Cl)c3Cl)C(c3ccccc3)C(c3ccc(CO)cc3)O2)c1. The smallest absolute Gasteiger partial charge is 0.224 e. The molecule has 5 rings (SSSR count). The van der Waals surface area contributed by atoms with Crippen molar-refractivity contribution in [3.8, 4) is 0 Å². The van der Waals surface area contributed by atoms with Gasteiger partial charge in [0.05, 0.1) is 31.7 Å². The molecule has 52 heavy (non-hydrogen) atoms. The Bertz CT molecular complexity index is 1630. The van der Waals surface area contributed by atoms with E-state index in [1.165, 1.54) is 70.6 Å². The number of benzene rings is 3. The van der Waals surface area contributed by atoms with Crippen molar-refractivity contribution in [3.63, 3.8) is 0 Å². The zero-order valence-corrected chi connectivity index (χ0v) is 32.0. The third kappa shape index (κ3) is 11.9. The summed E-state index contributed by atoms with van der Waals surface area (Å²) in [5.74, 6) is -0.195. The first kappa shape index (κ1) is 40.0. The number of nitrogens with zero attached hydrogens (tertiary/aromatic N) is 2. The number of aliphatic hydroxyl groups is 1. The molecule has 9 heteroatoms. The third-order valence-corrected chi connectivity index (χ3v) is 10.8. The summed E-state index contributed by atoms with van der Waals surface area (Å²) in [4.78, 5) is 17.2. The molecule has 4 atom stereocenters. The number of nitrogens with one attached hydrogen (secondary N) is 1. The fraction of sp³-hybridized carbons (Fsp3) is 0.488. The van der Waals surface area contributed by atoms with Crippen LogP contribution in [0.5, 0.6) is 0 Å². The molecular weight excluding hydrogens is 693 g/mol. The quantitative estimate of drug-likeness (QED) is 0.0829.